The number of aromatic nitrogens is 3. The number of rotatable bonds is 6. The van der Waals surface area contributed by atoms with Gasteiger partial charge in [-0.2, -0.15) is 13.9 Å². The molecule has 30 heavy (non-hydrogen) atoms. The van der Waals surface area contributed by atoms with Gasteiger partial charge in [0.05, 0.1) is 10.6 Å². The smallest absolute Gasteiger partial charge is 0.327 e. The third kappa shape index (κ3) is 4.36. The van der Waals surface area contributed by atoms with Crippen LogP contribution in [-0.4, -0.2) is 36.0 Å². The first-order valence-corrected chi connectivity index (χ1v) is 10.5. The summed E-state index contributed by atoms with van der Waals surface area (Å²) in [7, 11) is -3.38. The Hall–Kier alpha value is -3.18. The fourth-order valence-electron chi connectivity index (χ4n) is 2.88. The fourth-order valence-corrected chi connectivity index (χ4v) is 3.51. The average Bonchev–Trinajstić information content (AvgIpc) is 3.05. The van der Waals surface area contributed by atoms with Gasteiger partial charge >= 0.3 is 5.69 Å². The fraction of sp³-hybridized carbons (Fsp3) is 0.158. The number of aromatic amines is 1. The Morgan fingerprint density at radius 1 is 1.17 bits per heavy atom. The molecule has 3 N–H and O–H groups in total. The van der Waals surface area contributed by atoms with Gasteiger partial charge in [-0.15, -0.1) is 0 Å². The Kier molecular flexibility index (Phi) is 5.94. The molecule has 11 heteroatoms. The first kappa shape index (κ1) is 21.5. The molecule has 0 atom stereocenters. The van der Waals surface area contributed by atoms with Crippen LogP contribution in [0.4, 0.5) is 13.2 Å². The Bertz CT molecular complexity index is 1280. The van der Waals surface area contributed by atoms with Crippen molar-refractivity contribution in [2.75, 3.05) is 12.8 Å². The van der Waals surface area contributed by atoms with Crippen LogP contribution in [0, 0.1) is 5.82 Å². The number of H-pyrrole nitrogens is 1. The highest BCUT2D eigenvalue weighted by Crippen LogP contribution is 2.26. The Balaban J connectivity index is 2.00. The van der Waals surface area contributed by atoms with Crippen molar-refractivity contribution in [3.05, 3.63) is 76.2 Å². The zero-order valence-electron chi connectivity index (χ0n) is 15.7. The number of hydrogen-bond donors (Lipinski definition) is 2. The van der Waals surface area contributed by atoms with Crippen molar-refractivity contribution in [1.82, 2.24) is 14.8 Å². The van der Waals surface area contributed by atoms with Gasteiger partial charge in [-0.05, 0) is 35.9 Å². The lowest BCUT2D eigenvalue weighted by molar-refractivity contribution is 0.407. The molecule has 2 aromatic carbocycles. The molecule has 0 aliphatic carbocycles. The first-order chi connectivity index (χ1) is 14.1. The predicted molar refractivity (Wildman–Crippen MR) is 105 cm³/mol. The van der Waals surface area contributed by atoms with Crippen molar-refractivity contribution in [3.63, 3.8) is 0 Å². The summed E-state index contributed by atoms with van der Waals surface area (Å²) in [6.45, 7) is -0.417. The van der Waals surface area contributed by atoms with E-state index in [4.69, 9.17) is 5.73 Å². The highest BCUT2D eigenvalue weighted by molar-refractivity contribution is 7.90. The third-order valence-electron chi connectivity index (χ3n) is 4.43. The Morgan fingerprint density at radius 2 is 1.83 bits per heavy atom. The number of hydrogen-bond acceptors (Lipinski definition) is 5. The standard InChI is InChI=1S/C19H17F3N4O3S/c1-30(28,29)14-5-2-11(3-6-14)15-7-4-13(9-16(15)20)26-17(24-25-19(26)27)8-12(10-23)18(21)22/h2-7,9H,8,10,23H2,1H3,(H,25,27). The number of nitrogens with one attached hydrogen (secondary N) is 1. The number of nitrogens with two attached hydrogens (primary N) is 1. The predicted octanol–water partition coefficient (Wildman–Crippen LogP) is 2.42. The molecular weight excluding hydrogens is 421 g/mol. The van der Waals surface area contributed by atoms with E-state index in [1.807, 2.05) is 0 Å². The van der Waals surface area contributed by atoms with Crippen molar-refractivity contribution in [2.45, 2.75) is 11.3 Å². The van der Waals surface area contributed by atoms with E-state index in [1.165, 1.54) is 36.4 Å². The molecule has 0 saturated carbocycles. The second-order valence-corrected chi connectivity index (χ2v) is 8.50. The molecule has 0 bridgehead atoms. The molecule has 0 unspecified atom stereocenters. The van der Waals surface area contributed by atoms with Crippen molar-refractivity contribution in [3.8, 4) is 16.8 Å². The van der Waals surface area contributed by atoms with Gasteiger partial charge in [-0.25, -0.2) is 27.3 Å². The van der Waals surface area contributed by atoms with Crippen LogP contribution in [0.25, 0.3) is 16.8 Å². The van der Waals surface area contributed by atoms with Gasteiger partial charge in [0.15, 0.2) is 9.84 Å². The van der Waals surface area contributed by atoms with Crippen LogP contribution in [0.2, 0.25) is 0 Å². The highest BCUT2D eigenvalue weighted by Gasteiger charge is 2.17. The maximum atomic E-state index is 14.8. The zero-order valence-corrected chi connectivity index (χ0v) is 16.5. The Labute approximate surface area is 169 Å². The largest absolute Gasteiger partial charge is 0.347 e. The number of nitrogens with zero attached hydrogens (tertiary/aromatic N) is 2. The number of halogens is 3. The summed E-state index contributed by atoms with van der Waals surface area (Å²) in [5.41, 5.74) is 4.89. The van der Waals surface area contributed by atoms with Gasteiger partial charge in [-0.1, -0.05) is 12.1 Å². The quantitative estimate of drug-likeness (QED) is 0.614. The van der Waals surface area contributed by atoms with Crippen LogP contribution in [0.15, 0.2) is 63.8 Å². The molecule has 7 nitrogen and oxygen atoms in total. The van der Waals surface area contributed by atoms with Crippen LogP contribution in [0.1, 0.15) is 5.82 Å². The first-order valence-electron chi connectivity index (χ1n) is 8.61. The minimum atomic E-state index is -3.38. The molecule has 1 aromatic heterocycles. The zero-order chi connectivity index (χ0) is 22.1. The van der Waals surface area contributed by atoms with E-state index in [0.29, 0.717) is 5.56 Å². The molecular formula is C19H17F3N4O3S. The average molecular weight is 438 g/mol. The number of sulfone groups is 1. The van der Waals surface area contributed by atoms with Crippen molar-refractivity contribution < 1.29 is 21.6 Å². The van der Waals surface area contributed by atoms with E-state index < -0.39 is 39.5 Å². The highest BCUT2D eigenvalue weighted by atomic mass is 32.2. The topological polar surface area (TPSA) is 111 Å². The van der Waals surface area contributed by atoms with Crippen molar-refractivity contribution >= 4 is 9.84 Å². The molecule has 0 aliphatic heterocycles. The molecule has 0 saturated heterocycles. The monoisotopic (exact) mass is 438 g/mol. The normalized spacial score (nSPS) is 11.5. The van der Waals surface area contributed by atoms with Gasteiger partial charge < -0.3 is 5.73 Å². The van der Waals surface area contributed by atoms with E-state index in [2.05, 4.69) is 10.2 Å². The summed E-state index contributed by atoms with van der Waals surface area (Å²) >= 11 is 0. The maximum Gasteiger partial charge on any atom is 0.347 e. The Morgan fingerprint density at radius 3 is 2.37 bits per heavy atom. The molecule has 0 radical (unpaired) electrons. The second kappa shape index (κ2) is 8.28. The van der Waals surface area contributed by atoms with Crippen LogP contribution in [-0.2, 0) is 16.3 Å². The van der Waals surface area contributed by atoms with Gasteiger partial charge in [0.25, 0.3) is 6.08 Å². The van der Waals surface area contributed by atoms with Gasteiger partial charge in [0, 0.05) is 30.4 Å². The summed E-state index contributed by atoms with van der Waals surface area (Å²) in [6.07, 6.45) is -1.27. The minimum Gasteiger partial charge on any atom is -0.327 e. The summed E-state index contributed by atoms with van der Waals surface area (Å²) in [5, 5.41) is 5.89. The summed E-state index contributed by atoms with van der Waals surface area (Å²) < 4.78 is 64.7. The van der Waals surface area contributed by atoms with Crippen LogP contribution < -0.4 is 11.4 Å². The van der Waals surface area contributed by atoms with Crippen LogP contribution in [0.5, 0.6) is 0 Å². The van der Waals surface area contributed by atoms with E-state index in [-0.39, 0.29) is 28.4 Å². The summed E-state index contributed by atoms with van der Waals surface area (Å²) in [6, 6.07) is 9.56. The maximum absolute atomic E-state index is 14.8. The van der Waals surface area contributed by atoms with E-state index >= 15 is 0 Å². The van der Waals surface area contributed by atoms with Crippen molar-refractivity contribution in [2.24, 2.45) is 5.73 Å². The lowest BCUT2D eigenvalue weighted by Crippen LogP contribution is -2.18. The molecule has 0 fully saturated rings. The van der Waals surface area contributed by atoms with Crippen LogP contribution >= 0.6 is 0 Å². The van der Waals surface area contributed by atoms with Crippen molar-refractivity contribution in [1.29, 1.82) is 0 Å². The van der Waals surface area contributed by atoms with E-state index in [1.54, 1.807) is 0 Å². The van der Waals surface area contributed by atoms with Gasteiger partial charge in [0.1, 0.15) is 11.6 Å². The summed E-state index contributed by atoms with van der Waals surface area (Å²) in [5.74, 6) is -0.733. The van der Waals surface area contributed by atoms with Crippen LogP contribution in [0.3, 0.4) is 0 Å². The van der Waals surface area contributed by atoms with E-state index in [0.717, 1.165) is 16.9 Å². The molecule has 158 valence electrons. The lowest BCUT2D eigenvalue weighted by atomic mass is 10.0. The third-order valence-corrected chi connectivity index (χ3v) is 5.56. The molecule has 1 heterocycles. The summed E-state index contributed by atoms with van der Waals surface area (Å²) in [4.78, 5) is 12.2. The molecule has 3 aromatic rings. The number of benzene rings is 2. The van der Waals surface area contributed by atoms with Gasteiger partial charge in [-0.3, -0.25) is 0 Å². The molecule has 0 spiro atoms. The van der Waals surface area contributed by atoms with Gasteiger partial charge in [0.2, 0.25) is 0 Å². The molecule has 0 aliphatic rings. The second-order valence-electron chi connectivity index (χ2n) is 6.49. The van der Waals surface area contributed by atoms with E-state index in [9.17, 15) is 26.4 Å². The SMILES string of the molecule is CS(=O)(=O)c1ccc(-c2ccc(-n3c(CC(CN)=C(F)F)n[nH]c3=O)cc2F)cc1. The minimum absolute atomic E-state index is 0.0436. The lowest BCUT2D eigenvalue weighted by Gasteiger charge is -2.10. The molecule has 3 rings (SSSR count). The molecule has 0 amide bonds.